The van der Waals surface area contributed by atoms with E-state index < -0.39 is 17.8 Å². The third-order valence-electron chi connectivity index (χ3n) is 3.70. The van der Waals surface area contributed by atoms with Crippen LogP contribution in [0.3, 0.4) is 0 Å². The van der Waals surface area contributed by atoms with Crippen molar-refractivity contribution in [3.63, 3.8) is 0 Å². The van der Waals surface area contributed by atoms with Gasteiger partial charge in [0.05, 0.1) is 30.6 Å². The van der Waals surface area contributed by atoms with Gasteiger partial charge in [-0.3, -0.25) is 9.48 Å². The molecule has 126 valence electrons. The molecule has 0 aliphatic carbocycles. The molecule has 0 saturated carbocycles. The number of halogens is 3. The van der Waals surface area contributed by atoms with Crippen molar-refractivity contribution in [1.82, 2.24) is 19.6 Å². The quantitative estimate of drug-likeness (QED) is 0.791. The molecule has 3 aromatic rings. The van der Waals surface area contributed by atoms with Gasteiger partial charge in [0.1, 0.15) is 5.52 Å². The molecule has 2 heterocycles. The predicted molar refractivity (Wildman–Crippen MR) is 79.2 cm³/mol. The van der Waals surface area contributed by atoms with Crippen molar-refractivity contribution in [2.75, 3.05) is 0 Å². The number of rotatable bonds is 3. The summed E-state index contributed by atoms with van der Waals surface area (Å²) in [7, 11) is 1.49. The van der Waals surface area contributed by atoms with E-state index in [1.807, 2.05) is 0 Å². The molecule has 1 N–H and O–H groups in total. The smallest absolute Gasteiger partial charge is 0.386 e. The van der Waals surface area contributed by atoms with Crippen LogP contribution in [0.5, 0.6) is 0 Å². The zero-order chi connectivity index (χ0) is 17.5. The first kappa shape index (κ1) is 16.2. The monoisotopic (exact) mass is 338 g/mol. The molecule has 1 unspecified atom stereocenters. The molecular formula is C15H13F3N4O2. The third-order valence-corrected chi connectivity index (χ3v) is 3.70. The van der Waals surface area contributed by atoms with Crippen LogP contribution in [0, 0.1) is 0 Å². The minimum absolute atomic E-state index is 0.0614. The Kier molecular flexibility index (Phi) is 3.88. The highest BCUT2D eigenvalue weighted by atomic mass is 19.4. The van der Waals surface area contributed by atoms with Crippen LogP contribution in [0.1, 0.15) is 17.2 Å². The Morgan fingerprint density at radius 2 is 1.79 bits per heavy atom. The van der Waals surface area contributed by atoms with Gasteiger partial charge >= 0.3 is 6.18 Å². The van der Waals surface area contributed by atoms with Crippen LogP contribution in [0.4, 0.5) is 13.2 Å². The number of aliphatic hydroxyl groups is 1. The molecule has 0 radical (unpaired) electrons. The van der Waals surface area contributed by atoms with Crippen LogP contribution in [0.25, 0.3) is 10.9 Å². The second-order valence-electron chi connectivity index (χ2n) is 5.34. The van der Waals surface area contributed by atoms with Gasteiger partial charge < -0.3 is 5.11 Å². The summed E-state index contributed by atoms with van der Waals surface area (Å²) in [6.45, 7) is -0.0614. The Morgan fingerprint density at radius 3 is 2.42 bits per heavy atom. The van der Waals surface area contributed by atoms with Crippen molar-refractivity contribution in [2.45, 2.75) is 18.8 Å². The van der Waals surface area contributed by atoms with Gasteiger partial charge in [0, 0.05) is 12.4 Å². The molecule has 9 heteroatoms. The summed E-state index contributed by atoms with van der Waals surface area (Å²) in [6.07, 6.45) is -2.61. The van der Waals surface area contributed by atoms with E-state index in [0.29, 0.717) is 10.9 Å². The van der Waals surface area contributed by atoms with Gasteiger partial charge in [-0.25, -0.2) is 4.68 Å². The number of hydrogen-bond acceptors (Lipinski definition) is 4. The van der Waals surface area contributed by atoms with Gasteiger partial charge in [-0.15, -0.1) is 0 Å². The van der Waals surface area contributed by atoms with E-state index in [-0.39, 0.29) is 17.6 Å². The second kappa shape index (κ2) is 5.75. The van der Waals surface area contributed by atoms with Crippen molar-refractivity contribution in [3.8, 4) is 0 Å². The second-order valence-corrected chi connectivity index (χ2v) is 5.34. The fourth-order valence-electron chi connectivity index (χ4n) is 2.38. The summed E-state index contributed by atoms with van der Waals surface area (Å²) >= 11 is 0. The zero-order valence-corrected chi connectivity index (χ0v) is 12.5. The summed E-state index contributed by atoms with van der Waals surface area (Å²) in [4.78, 5) is 12.1. The molecule has 2 aromatic heterocycles. The maximum absolute atomic E-state index is 12.6. The highest BCUT2D eigenvalue weighted by molar-refractivity contribution is 5.76. The van der Waals surface area contributed by atoms with Crippen molar-refractivity contribution < 1.29 is 18.3 Å². The van der Waals surface area contributed by atoms with Crippen LogP contribution >= 0.6 is 0 Å². The van der Waals surface area contributed by atoms with E-state index in [9.17, 15) is 23.1 Å². The standard InChI is InChI=1S/C15H13F3N4O2/c1-21-14(24)13-10(6-19-21)7-20-22(13)8-12(23)9-2-4-11(5-3-9)15(16,17)18/h2-7,12,23H,8H2,1H3. The number of hydrogen-bond donors (Lipinski definition) is 1. The van der Waals surface area contributed by atoms with Gasteiger partial charge in [0.15, 0.2) is 0 Å². The number of aromatic nitrogens is 4. The van der Waals surface area contributed by atoms with Crippen molar-refractivity contribution in [2.24, 2.45) is 7.05 Å². The molecule has 0 aliphatic rings. The number of benzene rings is 1. The Hall–Kier alpha value is -2.68. The van der Waals surface area contributed by atoms with Gasteiger partial charge in [0.25, 0.3) is 5.56 Å². The van der Waals surface area contributed by atoms with E-state index in [2.05, 4.69) is 10.2 Å². The summed E-state index contributed by atoms with van der Waals surface area (Å²) < 4.78 is 40.2. The molecule has 1 atom stereocenters. The number of aryl methyl sites for hydroxylation is 1. The summed E-state index contributed by atoms with van der Waals surface area (Å²) in [6, 6.07) is 4.23. The SMILES string of the molecule is Cn1ncc2cnn(CC(O)c3ccc(C(F)(F)F)cc3)c2c1=O. The van der Waals surface area contributed by atoms with Gasteiger partial charge in [0.2, 0.25) is 0 Å². The van der Waals surface area contributed by atoms with Crippen molar-refractivity contribution >= 4 is 10.9 Å². The molecule has 0 amide bonds. The zero-order valence-electron chi connectivity index (χ0n) is 12.5. The summed E-state index contributed by atoms with van der Waals surface area (Å²) in [5.41, 5.74) is -0.580. The fourth-order valence-corrected chi connectivity index (χ4v) is 2.38. The first-order valence-corrected chi connectivity index (χ1v) is 7.00. The van der Waals surface area contributed by atoms with Crippen LogP contribution in [0.2, 0.25) is 0 Å². The lowest BCUT2D eigenvalue weighted by molar-refractivity contribution is -0.137. The van der Waals surface area contributed by atoms with Gasteiger partial charge in [-0.05, 0) is 17.7 Å². The Labute approximate surface area is 133 Å². The molecule has 0 aliphatic heterocycles. The average molecular weight is 338 g/mol. The Balaban J connectivity index is 1.89. The molecule has 6 nitrogen and oxygen atoms in total. The Morgan fingerprint density at radius 1 is 1.17 bits per heavy atom. The van der Waals surface area contributed by atoms with E-state index >= 15 is 0 Å². The molecule has 24 heavy (non-hydrogen) atoms. The lowest BCUT2D eigenvalue weighted by Gasteiger charge is -2.13. The van der Waals surface area contributed by atoms with Crippen LogP contribution in [-0.4, -0.2) is 24.7 Å². The first-order valence-electron chi connectivity index (χ1n) is 7.00. The highest BCUT2D eigenvalue weighted by Gasteiger charge is 2.30. The van der Waals surface area contributed by atoms with E-state index in [1.54, 1.807) is 0 Å². The number of nitrogens with zero attached hydrogens (tertiary/aromatic N) is 4. The number of aliphatic hydroxyl groups excluding tert-OH is 1. The van der Waals surface area contributed by atoms with Crippen molar-refractivity contribution in [1.29, 1.82) is 0 Å². The van der Waals surface area contributed by atoms with Crippen LogP contribution in [-0.2, 0) is 19.8 Å². The lowest BCUT2D eigenvalue weighted by atomic mass is 10.1. The number of alkyl halides is 3. The normalized spacial score (nSPS) is 13.4. The highest BCUT2D eigenvalue weighted by Crippen LogP contribution is 2.30. The topological polar surface area (TPSA) is 72.9 Å². The third kappa shape index (κ3) is 2.90. The van der Waals surface area contributed by atoms with Gasteiger partial charge in [-0.2, -0.15) is 23.4 Å². The first-order chi connectivity index (χ1) is 11.3. The summed E-state index contributed by atoms with van der Waals surface area (Å²) in [5.74, 6) is 0. The van der Waals surface area contributed by atoms with Crippen molar-refractivity contribution in [3.05, 3.63) is 58.1 Å². The molecule has 0 saturated heterocycles. The van der Waals surface area contributed by atoms with Crippen LogP contribution in [0.15, 0.2) is 41.5 Å². The minimum atomic E-state index is -4.43. The maximum atomic E-state index is 12.6. The minimum Gasteiger partial charge on any atom is -0.386 e. The molecule has 0 fully saturated rings. The fraction of sp³-hybridized carbons (Fsp3) is 0.267. The molecule has 3 rings (SSSR count). The van der Waals surface area contributed by atoms with E-state index in [0.717, 1.165) is 16.8 Å². The van der Waals surface area contributed by atoms with Gasteiger partial charge in [-0.1, -0.05) is 12.1 Å². The van der Waals surface area contributed by atoms with E-state index in [4.69, 9.17) is 0 Å². The summed E-state index contributed by atoms with van der Waals surface area (Å²) in [5, 5.41) is 18.7. The lowest BCUT2D eigenvalue weighted by Crippen LogP contribution is -2.22. The molecule has 0 bridgehead atoms. The molecular weight excluding hydrogens is 325 g/mol. The molecule has 0 spiro atoms. The van der Waals surface area contributed by atoms with E-state index in [1.165, 1.54) is 36.3 Å². The largest absolute Gasteiger partial charge is 0.416 e. The Bertz CT molecular complexity index is 929. The number of fused-ring (bicyclic) bond motifs is 1. The average Bonchev–Trinajstić information content (AvgIpc) is 2.94. The van der Waals surface area contributed by atoms with Crippen LogP contribution < -0.4 is 5.56 Å². The maximum Gasteiger partial charge on any atom is 0.416 e. The predicted octanol–water partition coefficient (Wildman–Crippen LogP) is 1.88. The molecule has 1 aromatic carbocycles.